The number of pyridine rings is 1. The number of para-hydroxylation sites is 1. The van der Waals surface area contributed by atoms with Gasteiger partial charge >= 0.3 is 0 Å². The van der Waals surface area contributed by atoms with Gasteiger partial charge in [0.15, 0.2) is 11.5 Å². The first-order valence-electron chi connectivity index (χ1n) is 7.57. The van der Waals surface area contributed by atoms with Crippen LogP contribution in [0.15, 0.2) is 54.6 Å². The maximum atomic E-state index is 5.40. The van der Waals surface area contributed by atoms with Gasteiger partial charge in [-0.25, -0.2) is 4.98 Å². The zero-order valence-electron chi connectivity index (χ0n) is 12.9. The van der Waals surface area contributed by atoms with Crippen LogP contribution in [0.25, 0.3) is 22.2 Å². The number of aromatic nitrogens is 1. The van der Waals surface area contributed by atoms with E-state index in [-0.39, 0.29) is 0 Å². The lowest BCUT2D eigenvalue weighted by Crippen LogP contribution is -1.92. The van der Waals surface area contributed by atoms with Gasteiger partial charge in [0.25, 0.3) is 0 Å². The van der Waals surface area contributed by atoms with Crippen LogP contribution in [0.2, 0.25) is 0 Å². The Kier molecular flexibility index (Phi) is 4.24. The van der Waals surface area contributed by atoms with Crippen molar-refractivity contribution in [1.29, 1.82) is 0 Å². The number of nitrogens with zero attached hydrogens (tertiary/aromatic N) is 1. The molecule has 3 heteroatoms. The molecule has 0 saturated heterocycles. The van der Waals surface area contributed by atoms with E-state index in [1.807, 2.05) is 42.5 Å². The van der Waals surface area contributed by atoms with Gasteiger partial charge in [0.2, 0.25) is 6.79 Å². The summed E-state index contributed by atoms with van der Waals surface area (Å²) in [6.45, 7) is 4.55. The third-order valence-electron chi connectivity index (χ3n) is 3.27. The van der Waals surface area contributed by atoms with Crippen molar-refractivity contribution >= 4 is 10.9 Å². The average Bonchev–Trinajstić information content (AvgIpc) is 3.03. The molecule has 0 radical (unpaired) electrons. The molecule has 1 aliphatic rings. The van der Waals surface area contributed by atoms with Crippen LogP contribution in [0.5, 0.6) is 11.5 Å². The van der Waals surface area contributed by atoms with Crippen LogP contribution < -0.4 is 9.47 Å². The normalized spacial score (nSPS) is 11.9. The fourth-order valence-electron chi connectivity index (χ4n) is 2.28. The highest BCUT2D eigenvalue weighted by molar-refractivity contribution is 5.81. The largest absolute Gasteiger partial charge is 0.454 e. The van der Waals surface area contributed by atoms with Gasteiger partial charge in [-0.05, 0) is 30.3 Å². The average molecular weight is 293 g/mol. The molecule has 0 fully saturated rings. The summed E-state index contributed by atoms with van der Waals surface area (Å²) in [5.74, 6) is 1.58. The van der Waals surface area contributed by atoms with Crippen LogP contribution >= 0.6 is 0 Å². The van der Waals surface area contributed by atoms with Gasteiger partial charge in [0.1, 0.15) is 0 Å². The lowest BCUT2D eigenvalue weighted by molar-refractivity contribution is 0.174. The predicted octanol–water partition coefficient (Wildman–Crippen LogP) is 5.05. The number of ether oxygens (including phenoxy) is 2. The molecular weight excluding hydrogens is 274 g/mol. The Hall–Kier alpha value is -2.55. The van der Waals surface area contributed by atoms with Gasteiger partial charge in [0.05, 0.1) is 11.2 Å². The Balaban J connectivity index is 0.000000446. The Morgan fingerprint density at radius 1 is 0.909 bits per heavy atom. The molecule has 0 aliphatic carbocycles. The number of benzene rings is 2. The van der Waals surface area contributed by atoms with Gasteiger partial charge in [-0.3, -0.25) is 0 Å². The third kappa shape index (κ3) is 2.89. The summed E-state index contributed by atoms with van der Waals surface area (Å²) in [5.41, 5.74) is 2.98. The minimum atomic E-state index is 0.296. The van der Waals surface area contributed by atoms with Crippen molar-refractivity contribution in [1.82, 2.24) is 4.98 Å². The van der Waals surface area contributed by atoms with Gasteiger partial charge in [0, 0.05) is 10.9 Å². The monoisotopic (exact) mass is 293 g/mol. The molecule has 2 aromatic carbocycles. The molecule has 0 N–H and O–H groups in total. The van der Waals surface area contributed by atoms with Crippen molar-refractivity contribution in [3.8, 4) is 22.8 Å². The van der Waals surface area contributed by atoms with E-state index in [4.69, 9.17) is 9.47 Å². The Morgan fingerprint density at radius 2 is 1.68 bits per heavy atom. The summed E-state index contributed by atoms with van der Waals surface area (Å²) >= 11 is 0. The van der Waals surface area contributed by atoms with Gasteiger partial charge < -0.3 is 9.47 Å². The maximum Gasteiger partial charge on any atom is 0.231 e. The Morgan fingerprint density at radius 3 is 2.55 bits per heavy atom. The SMILES string of the molecule is CCC.c1ccc2nc(-c3ccc4c(c3)OCO4)ccc2c1. The summed E-state index contributed by atoms with van der Waals surface area (Å²) in [4.78, 5) is 4.67. The Bertz CT molecular complexity index is 783. The quantitative estimate of drug-likeness (QED) is 0.629. The summed E-state index contributed by atoms with van der Waals surface area (Å²) in [6, 6.07) is 18.1. The first-order valence-corrected chi connectivity index (χ1v) is 7.57. The van der Waals surface area contributed by atoms with Crippen molar-refractivity contribution in [2.24, 2.45) is 0 Å². The van der Waals surface area contributed by atoms with E-state index >= 15 is 0 Å². The van der Waals surface area contributed by atoms with Crippen molar-refractivity contribution < 1.29 is 9.47 Å². The first kappa shape index (κ1) is 14.4. The molecule has 0 saturated carbocycles. The summed E-state index contributed by atoms with van der Waals surface area (Å²) in [7, 11) is 0. The zero-order chi connectivity index (χ0) is 15.4. The molecule has 0 atom stereocenters. The molecule has 3 nitrogen and oxygen atoms in total. The minimum absolute atomic E-state index is 0.296. The van der Waals surface area contributed by atoms with Crippen LogP contribution in [0.4, 0.5) is 0 Å². The number of hydrogen-bond donors (Lipinski definition) is 0. The lowest BCUT2D eigenvalue weighted by Gasteiger charge is -2.04. The second-order valence-electron chi connectivity index (χ2n) is 5.16. The maximum absolute atomic E-state index is 5.40. The molecule has 0 bridgehead atoms. The molecule has 1 aromatic heterocycles. The Labute approximate surface area is 130 Å². The van der Waals surface area contributed by atoms with Crippen molar-refractivity contribution in [2.75, 3.05) is 6.79 Å². The van der Waals surface area contributed by atoms with Gasteiger partial charge in [-0.2, -0.15) is 0 Å². The lowest BCUT2D eigenvalue weighted by atomic mass is 10.1. The van der Waals surface area contributed by atoms with Gasteiger partial charge in [-0.1, -0.05) is 44.5 Å². The third-order valence-corrected chi connectivity index (χ3v) is 3.27. The molecule has 0 unspecified atom stereocenters. The predicted molar refractivity (Wildman–Crippen MR) is 89.3 cm³/mol. The zero-order valence-corrected chi connectivity index (χ0v) is 12.9. The van der Waals surface area contributed by atoms with Crippen molar-refractivity contribution in [3.63, 3.8) is 0 Å². The van der Waals surface area contributed by atoms with Crippen LogP contribution in [0.3, 0.4) is 0 Å². The van der Waals surface area contributed by atoms with Crippen LogP contribution in [0, 0.1) is 0 Å². The molecule has 0 spiro atoms. The highest BCUT2D eigenvalue weighted by Gasteiger charge is 2.14. The van der Waals surface area contributed by atoms with Crippen molar-refractivity contribution in [2.45, 2.75) is 20.3 Å². The number of hydrogen-bond acceptors (Lipinski definition) is 3. The van der Waals surface area contributed by atoms with E-state index in [1.54, 1.807) is 0 Å². The minimum Gasteiger partial charge on any atom is -0.454 e. The molecule has 22 heavy (non-hydrogen) atoms. The van der Waals surface area contributed by atoms with Gasteiger partial charge in [-0.15, -0.1) is 0 Å². The van der Waals surface area contributed by atoms with Crippen LogP contribution in [0.1, 0.15) is 20.3 Å². The highest BCUT2D eigenvalue weighted by atomic mass is 16.7. The smallest absolute Gasteiger partial charge is 0.231 e. The second kappa shape index (κ2) is 6.48. The topological polar surface area (TPSA) is 31.4 Å². The fraction of sp³-hybridized carbons (Fsp3) is 0.211. The standard InChI is InChI=1S/C16H11NO2.C3H8/c1-2-4-13-11(3-1)5-7-14(17-13)12-6-8-15-16(9-12)19-10-18-15;1-3-2/h1-9H,10H2;3H2,1-2H3. The second-order valence-corrected chi connectivity index (χ2v) is 5.16. The van der Waals surface area contributed by atoms with E-state index in [2.05, 4.69) is 31.0 Å². The molecule has 0 amide bonds. The first-order chi connectivity index (χ1) is 10.8. The fourth-order valence-corrected chi connectivity index (χ4v) is 2.28. The summed E-state index contributed by atoms with van der Waals surface area (Å²) in [6.07, 6.45) is 1.25. The van der Waals surface area contributed by atoms with E-state index in [1.165, 1.54) is 6.42 Å². The molecule has 112 valence electrons. The van der Waals surface area contributed by atoms with E-state index in [0.717, 1.165) is 33.7 Å². The molecule has 3 aromatic rings. The number of rotatable bonds is 1. The van der Waals surface area contributed by atoms with E-state index in [9.17, 15) is 0 Å². The summed E-state index contributed by atoms with van der Waals surface area (Å²) in [5, 5.41) is 1.15. The van der Waals surface area contributed by atoms with E-state index < -0.39 is 0 Å². The molecule has 4 rings (SSSR count). The van der Waals surface area contributed by atoms with E-state index in [0.29, 0.717) is 6.79 Å². The van der Waals surface area contributed by atoms with Crippen LogP contribution in [-0.4, -0.2) is 11.8 Å². The van der Waals surface area contributed by atoms with Crippen LogP contribution in [-0.2, 0) is 0 Å². The summed E-state index contributed by atoms with van der Waals surface area (Å²) < 4.78 is 10.7. The molecular formula is C19H19NO2. The highest BCUT2D eigenvalue weighted by Crippen LogP contribution is 2.35. The molecule has 1 aliphatic heterocycles. The molecule has 2 heterocycles. The number of fused-ring (bicyclic) bond motifs is 2. The van der Waals surface area contributed by atoms with Crippen molar-refractivity contribution in [3.05, 3.63) is 54.6 Å².